The van der Waals surface area contributed by atoms with Crippen molar-refractivity contribution in [1.29, 1.82) is 0 Å². The molecule has 9 nitrogen and oxygen atoms in total. The van der Waals surface area contributed by atoms with E-state index in [1.54, 1.807) is 24.7 Å². The first-order chi connectivity index (χ1) is 13.8. The molecule has 0 spiro atoms. The summed E-state index contributed by atoms with van der Waals surface area (Å²) in [6, 6.07) is 1.99. The van der Waals surface area contributed by atoms with Crippen LogP contribution in [0.3, 0.4) is 0 Å². The van der Waals surface area contributed by atoms with Gasteiger partial charge in [-0.15, -0.1) is 0 Å². The Morgan fingerprint density at radius 2 is 1.55 bits per heavy atom. The van der Waals surface area contributed by atoms with Gasteiger partial charge in [-0.1, -0.05) is 0 Å². The third-order valence-electron chi connectivity index (χ3n) is 5.72. The van der Waals surface area contributed by atoms with Gasteiger partial charge in [0.2, 0.25) is 5.95 Å². The minimum absolute atomic E-state index is 0.121. The van der Waals surface area contributed by atoms with E-state index in [1.807, 2.05) is 13.0 Å². The zero-order valence-corrected chi connectivity index (χ0v) is 18.2. The second-order valence-electron chi connectivity index (χ2n) is 7.84. The molecule has 0 bridgehead atoms. The SMILES string of the molecule is Cc1cc(N2CCN(S(=O)(=O)c3cn(C)c(C)n3)CC2)nc(N2CCCCC2)n1. The highest BCUT2D eigenvalue weighted by Crippen LogP contribution is 2.23. The van der Waals surface area contributed by atoms with E-state index in [9.17, 15) is 8.42 Å². The lowest BCUT2D eigenvalue weighted by molar-refractivity contribution is 0.382. The summed E-state index contributed by atoms with van der Waals surface area (Å²) in [4.78, 5) is 18.0. The largest absolute Gasteiger partial charge is 0.354 e. The lowest BCUT2D eigenvalue weighted by Gasteiger charge is -2.35. The molecule has 0 amide bonds. The Bertz CT molecular complexity index is 955. The highest BCUT2D eigenvalue weighted by molar-refractivity contribution is 7.89. The molecule has 2 aliphatic rings. The Kier molecular flexibility index (Phi) is 5.48. The highest BCUT2D eigenvalue weighted by Gasteiger charge is 2.31. The summed E-state index contributed by atoms with van der Waals surface area (Å²) >= 11 is 0. The molecular weight excluding hydrogens is 390 g/mol. The number of sulfonamides is 1. The van der Waals surface area contributed by atoms with E-state index in [1.165, 1.54) is 23.6 Å². The fourth-order valence-electron chi connectivity index (χ4n) is 3.87. The monoisotopic (exact) mass is 419 g/mol. The normalized spacial score (nSPS) is 19.0. The van der Waals surface area contributed by atoms with Crippen LogP contribution in [0.2, 0.25) is 0 Å². The number of hydrogen-bond acceptors (Lipinski definition) is 7. The molecule has 2 saturated heterocycles. The van der Waals surface area contributed by atoms with Crippen molar-refractivity contribution in [1.82, 2.24) is 23.8 Å². The van der Waals surface area contributed by atoms with Gasteiger partial charge in [-0.3, -0.25) is 0 Å². The fourth-order valence-corrected chi connectivity index (χ4v) is 5.32. The van der Waals surface area contributed by atoms with E-state index in [4.69, 9.17) is 4.98 Å². The minimum Gasteiger partial charge on any atom is -0.354 e. The molecule has 0 aliphatic carbocycles. The van der Waals surface area contributed by atoms with Crippen molar-refractivity contribution < 1.29 is 8.42 Å². The van der Waals surface area contributed by atoms with Crippen molar-refractivity contribution in [2.75, 3.05) is 49.1 Å². The summed E-state index contributed by atoms with van der Waals surface area (Å²) in [6.45, 7) is 7.82. The lowest BCUT2D eigenvalue weighted by atomic mass is 10.1. The first-order valence-electron chi connectivity index (χ1n) is 10.2. The van der Waals surface area contributed by atoms with Crippen LogP contribution in [-0.2, 0) is 17.1 Å². The number of piperidine rings is 1. The highest BCUT2D eigenvalue weighted by atomic mass is 32.2. The Morgan fingerprint density at radius 3 is 2.17 bits per heavy atom. The van der Waals surface area contributed by atoms with Gasteiger partial charge < -0.3 is 14.4 Å². The molecule has 0 N–H and O–H groups in total. The number of aromatic nitrogens is 4. The molecule has 0 saturated carbocycles. The third kappa shape index (κ3) is 4.09. The average molecular weight is 420 g/mol. The molecule has 10 heteroatoms. The molecule has 0 radical (unpaired) electrons. The first-order valence-corrected chi connectivity index (χ1v) is 11.6. The van der Waals surface area contributed by atoms with Crippen LogP contribution in [0, 0.1) is 13.8 Å². The van der Waals surface area contributed by atoms with Crippen LogP contribution >= 0.6 is 0 Å². The fraction of sp³-hybridized carbons (Fsp3) is 0.632. The van der Waals surface area contributed by atoms with E-state index < -0.39 is 10.0 Å². The topological polar surface area (TPSA) is 87.5 Å². The van der Waals surface area contributed by atoms with Gasteiger partial charge in [-0.05, 0) is 33.1 Å². The van der Waals surface area contributed by atoms with Crippen molar-refractivity contribution in [2.45, 2.75) is 38.1 Å². The number of anilines is 2. The van der Waals surface area contributed by atoms with Crippen LogP contribution in [0.25, 0.3) is 0 Å². The van der Waals surface area contributed by atoms with Crippen molar-refractivity contribution in [3.8, 4) is 0 Å². The van der Waals surface area contributed by atoms with Gasteiger partial charge in [-0.25, -0.2) is 18.4 Å². The number of aryl methyl sites for hydroxylation is 3. The molecular formula is C19H29N7O2S. The van der Waals surface area contributed by atoms with Gasteiger partial charge in [0, 0.05) is 64.3 Å². The molecule has 2 aromatic rings. The first kappa shape index (κ1) is 20.1. The summed E-state index contributed by atoms with van der Waals surface area (Å²) in [6.07, 6.45) is 5.20. The van der Waals surface area contributed by atoms with Crippen LogP contribution in [0.5, 0.6) is 0 Å². The van der Waals surface area contributed by atoms with Crippen LogP contribution < -0.4 is 9.80 Å². The summed E-state index contributed by atoms with van der Waals surface area (Å²) in [5.74, 6) is 2.35. The maximum absolute atomic E-state index is 12.9. The third-order valence-corrected chi connectivity index (χ3v) is 7.49. The zero-order valence-electron chi connectivity index (χ0n) is 17.4. The van der Waals surface area contributed by atoms with E-state index in [2.05, 4.69) is 19.8 Å². The minimum atomic E-state index is -3.57. The van der Waals surface area contributed by atoms with Crippen molar-refractivity contribution in [2.24, 2.45) is 7.05 Å². The van der Waals surface area contributed by atoms with Crippen LogP contribution in [0.1, 0.15) is 30.8 Å². The average Bonchev–Trinajstić information content (AvgIpc) is 3.07. The maximum Gasteiger partial charge on any atom is 0.262 e. The number of piperazine rings is 1. The summed E-state index contributed by atoms with van der Waals surface area (Å²) in [7, 11) is -1.77. The number of imidazole rings is 1. The quantitative estimate of drug-likeness (QED) is 0.739. The number of hydrogen-bond donors (Lipinski definition) is 0. The molecule has 29 heavy (non-hydrogen) atoms. The molecule has 2 aromatic heterocycles. The maximum atomic E-state index is 12.9. The molecule has 4 rings (SSSR count). The zero-order chi connectivity index (χ0) is 20.6. The van der Waals surface area contributed by atoms with E-state index in [0.29, 0.717) is 32.0 Å². The second kappa shape index (κ2) is 7.91. The molecule has 158 valence electrons. The van der Waals surface area contributed by atoms with Gasteiger partial charge in [0.15, 0.2) is 5.03 Å². The summed E-state index contributed by atoms with van der Waals surface area (Å²) in [5.41, 5.74) is 0.939. The van der Waals surface area contributed by atoms with E-state index in [-0.39, 0.29) is 5.03 Å². The Morgan fingerprint density at radius 1 is 0.862 bits per heavy atom. The van der Waals surface area contributed by atoms with Crippen LogP contribution in [0.4, 0.5) is 11.8 Å². The second-order valence-corrected chi connectivity index (χ2v) is 9.73. The van der Waals surface area contributed by atoms with Crippen molar-refractivity contribution >= 4 is 21.8 Å². The predicted molar refractivity (Wildman–Crippen MR) is 112 cm³/mol. The smallest absolute Gasteiger partial charge is 0.262 e. The molecule has 0 aromatic carbocycles. The Labute approximate surface area is 172 Å². The van der Waals surface area contributed by atoms with Crippen molar-refractivity contribution in [3.63, 3.8) is 0 Å². The van der Waals surface area contributed by atoms with E-state index in [0.717, 1.165) is 30.5 Å². The summed E-state index contributed by atoms with van der Waals surface area (Å²) in [5, 5.41) is 0.121. The van der Waals surface area contributed by atoms with Crippen LogP contribution in [-0.4, -0.2) is 71.5 Å². The van der Waals surface area contributed by atoms with Crippen LogP contribution in [0.15, 0.2) is 17.3 Å². The van der Waals surface area contributed by atoms with E-state index >= 15 is 0 Å². The standard InChI is InChI=1S/C19H29N7O2S/c1-15-13-17(22-19(20-15)25-7-5-4-6-8-25)24-9-11-26(12-10-24)29(27,28)18-14-23(3)16(2)21-18/h13-14H,4-12H2,1-3H3. The Balaban J connectivity index is 1.47. The van der Waals surface area contributed by atoms with Gasteiger partial charge in [0.05, 0.1) is 0 Å². The van der Waals surface area contributed by atoms with Gasteiger partial charge in [0.25, 0.3) is 10.0 Å². The van der Waals surface area contributed by atoms with Gasteiger partial charge in [0.1, 0.15) is 11.6 Å². The lowest BCUT2D eigenvalue weighted by Crippen LogP contribution is -2.49. The van der Waals surface area contributed by atoms with Gasteiger partial charge >= 0.3 is 0 Å². The molecule has 2 aliphatic heterocycles. The van der Waals surface area contributed by atoms with Crippen molar-refractivity contribution in [3.05, 3.63) is 23.8 Å². The number of nitrogens with zero attached hydrogens (tertiary/aromatic N) is 7. The Hall–Kier alpha value is -2.20. The summed E-state index contributed by atoms with van der Waals surface area (Å²) < 4.78 is 29.1. The molecule has 2 fully saturated rings. The predicted octanol–water partition coefficient (Wildman–Crippen LogP) is 1.33. The molecule has 0 unspecified atom stereocenters. The number of rotatable bonds is 4. The van der Waals surface area contributed by atoms with Gasteiger partial charge in [-0.2, -0.15) is 9.29 Å². The molecule has 0 atom stereocenters. The molecule has 4 heterocycles.